The number of benzene rings is 2. The van der Waals surface area contributed by atoms with Gasteiger partial charge in [-0.1, -0.05) is 18.2 Å². The van der Waals surface area contributed by atoms with E-state index in [2.05, 4.69) is 10.0 Å². The lowest BCUT2D eigenvalue weighted by atomic mass is 10.2. The van der Waals surface area contributed by atoms with E-state index in [1.165, 1.54) is 42.5 Å². The first-order valence-corrected chi connectivity index (χ1v) is 9.71. The number of sulfonamides is 1. The van der Waals surface area contributed by atoms with Gasteiger partial charge in [0.1, 0.15) is 5.82 Å². The predicted molar refractivity (Wildman–Crippen MR) is 95.0 cm³/mol. The fraction of sp³-hybridized carbons (Fsp3) is 0.278. The molecule has 0 spiro atoms. The molecule has 0 bridgehead atoms. The molecule has 1 unspecified atom stereocenters. The van der Waals surface area contributed by atoms with Gasteiger partial charge in [0.2, 0.25) is 0 Å². The maximum atomic E-state index is 13.7. The van der Waals surface area contributed by atoms with E-state index in [0.29, 0.717) is 13.2 Å². The summed E-state index contributed by atoms with van der Waals surface area (Å²) < 4.78 is 46.3. The zero-order valence-electron chi connectivity index (χ0n) is 13.9. The summed E-state index contributed by atoms with van der Waals surface area (Å²) in [6.07, 6.45) is 1.85. The number of amides is 1. The molecule has 2 N–H and O–H groups in total. The van der Waals surface area contributed by atoms with Gasteiger partial charge in [-0.3, -0.25) is 9.52 Å². The van der Waals surface area contributed by atoms with Gasteiger partial charge < -0.3 is 10.1 Å². The number of ether oxygens (including phenoxy) is 1. The first-order valence-electron chi connectivity index (χ1n) is 8.23. The van der Waals surface area contributed by atoms with Crippen molar-refractivity contribution in [2.45, 2.75) is 23.8 Å². The van der Waals surface area contributed by atoms with Crippen LogP contribution < -0.4 is 10.0 Å². The number of nitrogens with one attached hydrogen (secondary N) is 2. The quantitative estimate of drug-likeness (QED) is 0.809. The van der Waals surface area contributed by atoms with Crippen LogP contribution in [0.3, 0.4) is 0 Å². The van der Waals surface area contributed by atoms with Gasteiger partial charge in [-0.2, -0.15) is 0 Å². The second kappa shape index (κ2) is 7.84. The Labute approximate surface area is 151 Å². The van der Waals surface area contributed by atoms with Gasteiger partial charge in [0.25, 0.3) is 15.9 Å². The van der Waals surface area contributed by atoms with Crippen LogP contribution in [0.2, 0.25) is 0 Å². The van der Waals surface area contributed by atoms with Crippen LogP contribution in [0.1, 0.15) is 23.2 Å². The highest BCUT2D eigenvalue weighted by Gasteiger charge is 2.19. The summed E-state index contributed by atoms with van der Waals surface area (Å²) >= 11 is 0. The van der Waals surface area contributed by atoms with Gasteiger partial charge in [-0.25, -0.2) is 12.8 Å². The van der Waals surface area contributed by atoms with Crippen molar-refractivity contribution < 1.29 is 22.3 Å². The zero-order chi connectivity index (χ0) is 18.6. The first-order chi connectivity index (χ1) is 12.5. The van der Waals surface area contributed by atoms with Crippen LogP contribution >= 0.6 is 0 Å². The number of rotatable bonds is 6. The molecule has 1 atom stereocenters. The highest BCUT2D eigenvalue weighted by Crippen LogP contribution is 2.19. The van der Waals surface area contributed by atoms with Crippen molar-refractivity contribution >= 4 is 21.6 Å². The van der Waals surface area contributed by atoms with Crippen molar-refractivity contribution in [3.05, 3.63) is 59.9 Å². The molecule has 0 saturated carbocycles. The molecular weight excluding hydrogens is 359 g/mol. The maximum absolute atomic E-state index is 13.7. The highest BCUT2D eigenvalue weighted by molar-refractivity contribution is 7.92. The lowest BCUT2D eigenvalue weighted by Gasteiger charge is -2.12. The molecule has 8 heteroatoms. The smallest absolute Gasteiger partial charge is 0.262 e. The minimum Gasteiger partial charge on any atom is -0.376 e. The Morgan fingerprint density at radius 3 is 2.73 bits per heavy atom. The van der Waals surface area contributed by atoms with Crippen molar-refractivity contribution in [3.8, 4) is 0 Å². The largest absolute Gasteiger partial charge is 0.376 e. The molecule has 2 aromatic rings. The Morgan fingerprint density at radius 2 is 2.00 bits per heavy atom. The third-order valence-electron chi connectivity index (χ3n) is 4.04. The standard InChI is InChI=1S/C18H19FN2O4S/c19-16-8-1-2-9-17(16)21-26(23,24)15-7-3-5-13(11-15)18(22)20-12-14-6-4-10-25-14/h1-3,5,7-9,11,14,21H,4,6,10,12H2,(H,20,22). The summed E-state index contributed by atoms with van der Waals surface area (Å²) in [5.41, 5.74) is 0.0557. The van der Waals surface area contributed by atoms with E-state index in [9.17, 15) is 17.6 Å². The summed E-state index contributed by atoms with van der Waals surface area (Å²) in [5, 5.41) is 2.74. The molecule has 1 fully saturated rings. The zero-order valence-corrected chi connectivity index (χ0v) is 14.8. The molecule has 1 saturated heterocycles. The average molecular weight is 378 g/mol. The van der Waals surface area contributed by atoms with E-state index in [4.69, 9.17) is 4.74 Å². The molecule has 138 valence electrons. The first kappa shape index (κ1) is 18.3. The van der Waals surface area contributed by atoms with Gasteiger partial charge in [0.05, 0.1) is 16.7 Å². The maximum Gasteiger partial charge on any atom is 0.262 e. The van der Waals surface area contributed by atoms with E-state index in [1.807, 2.05) is 0 Å². The normalized spacial score (nSPS) is 17.0. The molecular formula is C18H19FN2O4S. The lowest BCUT2D eigenvalue weighted by Crippen LogP contribution is -2.31. The van der Waals surface area contributed by atoms with Crippen LogP contribution in [0.5, 0.6) is 0 Å². The second-order valence-corrected chi connectivity index (χ2v) is 7.64. The molecule has 1 amide bonds. The highest BCUT2D eigenvalue weighted by atomic mass is 32.2. The van der Waals surface area contributed by atoms with E-state index in [-0.39, 0.29) is 28.2 Å². The van der Waals surface area contributed by atoms with Crippen molar-refractivity contribution in [2.75, 3.05) is 17.9 Å². The number of hydrogen-bond acceptors (Lipinski definition) is 4. The summed E-state index contributed by atoms with van der Waals surface area (Å²) in [5.74, 6) is -1.06. The lowest BCUT2D eigenvalue weighted by molar-refractivity contribution is 0.0857. The number of carbonyl (C=O) groups excluding carboxylic acids is 1. The summed E-state index contributed by atoms with van der Waals surface area (Å²) in [4.78, 5) is 12.1. The summed E-state index contributed by atoms with van der Waals surface area (Å²) in [6.45, 7) is 1.07. The molecule has 3 rings (SSSR count). The Hall–Kier alpha value is -2.45. The molecule has 6 nitrogen and oxygen atoms in total. The number of hydrogen-bond donors (Lipinski definition) is 2. The Morgan fingerprint density at radius 1 is 1.19 bits per heavy atom. The van der Waals surface area contributed by atoms with Crippen LogP contribution in [0.25, 0.3) is 0 Å². The van der Waals surface area contributed by atoms with E-state index >= 15 is 0 Å². The predicted octanol–water partition coefficient (Wildman–Crippen LogP) is 2.54. The molecule has 2 aromatic carbocycles. The minimum atomic E-state index is -4.02. The van der Waals surface area contributed by atoms with Crippen molar-refractivity contribution in [1.29, 1.82) is 0 Å². The van der Waals surface area contributed by atoms with Crippen LogP contribution in [-0.4, -0.2) is 33.6 Å². The van der Waals surface area contributed by atoms with Crippen LogP contribution in [0.4, 0.5) is 10.1 Å². The topological polar surface area (TPSA) is 84.5 Å². The van der Waals surface area contributed by atoms with Crippen LogP contribution in [0, 0.1) is 5.82 Å². The van der Waals surface area contributed by atoms with E-state index in [0.717, 1.165) is 18.9 Å². The average Bonchev–Trinajstić information content (AvgIpc) is 3.15. The van der Waals surface area contributed by atoms with Crippen LogP contribution in [0.15, 0.2) is 53.4 Å². The fourth-order valence-corrected chi connectivity index (χ4v) is 3.78. The number of anilines is 1. The minimum absolute atomic E-state index is 0.00594. The Balaban J connectivity index is 1.73. The van der Waals surface area contributed by atoms with Gasteiger partial charge in [0.15, 0.2) is 0 Å². The number of carbonyl (C=O) groups is 1. The summed E-state index contributed by atoms with van der Waals surface area (Å²) in [6, 6.07) is 11.1. The number of para-hydroxylation sites is 1. The Kier molecular flexibility index (Phi) is 5.53. The molecule has 0 radical (unpaired) electrons. The van der Waals surface area contributed by atoms with E-state index in [1.54, 1.807) is 0 Å². The van der Waals surface area contributed by atoms with Gasteiger partial charge >= 0.3 is 0 Å². The molecule has 0 aromatic heterocycles. The van der Waals surface area contributed by atoms with Crippen LogP contribution in [-0.2, 0) is 14.8 Å². The van der Waals surface area contributed by atoms with Crippen molar-refractivity contribution in [2.24, 2.45) is 0 Å². The monoisotopic (exact) mass is 378 g/mol. The third-order valence-corrected chi connectivity index (χ3v) is 5.40. The van der Waals surface area contributed by atoms with Crippen molar-refractivity contribution in [3.63, 3.8) is 0 Å². The molecule has 0 aliphatic carbocycles. The Bertz CT molecular complexity index is 896. The molecule has 1 aliphatic heterocycles. The van der Waals surface area contributed by atoms with E-state index < -0.39 is 15.8 Å². The summed E-state index contributed by atoms with van der Waals surface area (Å²) in [7, 11) is -4.02. The fourth-order valence-electron chi connectivity index (χ4n) is 2.67. The SMILES string of the molecule is O=C(NCC1CCCO1)c1cccc(S(=O)(=O)Nc2ccccc2F)c1. The van der Waals surface area contributed by atoms with Gasteiger partial charge in [-0.05, 0) is 43.2 Å². The van der Waals surface area contributed by atoms with Gasteiger partial charge in [-0.15, -0.1) is 0 Å². The molecule has 26 heavy (non-hydrogen) atoms. The second-order valence-electron chi connectivity index (χ2n) is 5.96. The third kappa shape index (κ3) is 4.39. The van der Waals surface area contributed by atoms with Gasteiger partial charge in [0, 0.05) is 18.7 Å². The molecule has 1 heterocycles. The number of halogens is 1. The van der Waals surface area contributed by atoms with Crippen molar-refractivity contribution in [1.82, 2.24) is 5.32 Å². The molecule has 1 aliphatic rings.